The van der Waals surface area contributed by atoms with Gasteiger partial charge in [-0.3, -0.25) is 14.9 Å². The molecule has 2 aromatic rings. The predicted octanol–water partition coefficient (Wildman–Crippen LogP) is 3.37. The summed E-state index contributed by atoms with van der Waals surface area (Å²) >= 11 is 0. The Morgan fingerprint density at radius 2 is 1.89 bits per heavy atom. The van der Waals surface area contributed by atoms with Gasteiger partial charge in [-0.05, 0) is 29.2 Å². The van der Waals surface area contributed by atoms with Gasteiger partial charge in [0.05, 0.1) is 18.2 Å². The molecule has 0 fully saturated rings. The van der Waals surface area contributed by atoms with Crippen LogP contribution in [0.15, 0.2) is 41.5 Å². The number of phenolic OH excluding ortho intramolecular Hbond substituents is 1. The molecule has 142 valence electrons. The first kappa shape index (κ1) is 19.9. The van der Waals surface area contributed by atoms with E-state index in [0.717, 1.165) is 11.6 Å². The van der Waals surface area contributed by atoms with Crippen molar-refractivity contribution in [1.29, 1.82) is 0 Å². The number of hydrogen-bond donors (Lipinski definition) is 2. The molecule has 0 spiro atoms. The van der Waals surface area contributed by atoms with Crippen molar-refractivity contribution in [1.82, 2.24) is 5.43 Å². The molecule has 8 heteroatoms. The highest BCUT2D eigenvalue weighted by Crippen LogP contribution is 2.36. The summed E-state index contributed by atoms with van der Waals surface area (Å²) < 4.78 is 4.91. The Balaban J connectivity index is 2.14. The van der Waals surface area contributed by atoms with Gasteiger partial charge in [0.1, 0.15) is 0 Å². The minimum absolute atomic E-state index is 0.0141. The molecule has 0 aliphatic carbocycles. The molecular weight excluding hydrogens is 350 g/mol. The standard InChI is InChI=1S/C19H21N3O5/c1-19(2,3)14-7-5-13(6-8-14)18(24)21-20-11-12-9-15(22(25)26)17(23)16(10-12)27-4/h5-11,23H,1-4H3,(H,21,24)/b20-11+. The lowest BCUT2D eigenvalue weighted by Crippen LogP contribution is -2.18. The molecule has 0 aliphatic rings. The van der Waals surface area contributed by atoms with E-state index >= 15 is 0 Å². The summed E-state index contributed by atoms with van der Waals surface area (Å²) in [6, 6.07) is 9.68. The molecule has 0 bridgehead atoms. The van der Waals surface area contributed by atoms with E-state index in [1.54, 1.807) is 12.1 Å². The molecule has 1 amide bonds. The zero-order valence-corrected chi connectivity index (χ0v) is 15.5. The fourth-order valence-electron chi connectivity index (χ4n) is 2.33. The number of nitro benzene ring substituents is 1. The van der Waals surface area contributed by atoms with Crippen LogP contribution in [0.5, 0.6) is 11.5 Å². The molecule has 0 radical (unpaired) electrons. The van der Waals surface area contributed by atoms with Crippen LogP contribution in [-0.4, -0.2) is 29.3 Å². The maximum atomic E-state index is 12.2. The number of ether oxygens (including phenoxy) is 1. The SMILES string of the molecule is COc1cc(/C=N/NC(=O)c2ccc(C(C)(C)C)cc2)cc([N+](=O)[O-])c1O. The Morgan fingerprint density at radius 3 is 2.41 bits per heavy atom. The molecule has 2 N–H and O–H groups in total. The molecule has 0 atom stereocenters. The fourth-order valence-corrected chi connectivity index (χ4v) is 2.33. The lowest BCUT2D eigenvalue weighted by Gasteiger charge is -2.18. The van der Waals surface area contributed by atoms with Crippen molar-refractivity contribution < 1.29 is 19.6 Å². The Morgan fingerprint density at radius 1 is 1.26 bits per heavy atom. The van der Waals surface area contributed by atoms with E-state index in [-0.39, 0.29) is 11.2 Å². The van der Waals surface area contributed by atoms with Crippen molar-refractivity contribution in [2.75, 3.05) is 7.11 Å². The number of nitrogens with one attached hydrogen (secondary N) is 1. The normalized spacial score (nSPS) is 11.4. The van der Waals surface area contributed by atoms with Crippen LogP contribution < -0.4 is 10.2 Å². The van der Waals surface area contributed by atoms with E-state index in [2.05, 4.69) is 31.3 Å². The van der Waals surface area contributed by atoms with Gasteiger partial charge < -0.3 is 9.84 Å². The van der Waals surface area contributed by atoms with E-state index in [4.69, 9.17) is 4.74 Å². The largest absolute Gasteiger partial charge is 0.500 e. The van der Waals surface area contributed by atoms with Crippen LogP contribution in [0.25, 0.3) is 0 Å². The molecule has 0 saturated heterocycles. The number of methoxy groups -OCH3 is 1. The smallest absolute Gasteiger partial charge is 0.315 e. The first-order chi connectivity index (χ1) is 12.6. The Hall–Kier alpha value is -3.42. The third-order valence-electron chi connectivity index (χ3n) is 3.89. The van der Waals surface area contributed by atoms with Gasteiger partial charge in [-0.2, -0.15) is 5.10 Å². The summed E-state index contributed by atoms with van der Waals surface area (Å²) in [5.41, 5.74) is 3.67. The number of carbonyl (C=O) groups excluding carboxylic acids is 1. The fraction of sp³-hybridized carbons (Fsp3) is 0.263. The van der Waals surface area contributed by atoms with Gasteiger partial charge in [0, 0.05) is 17.2 Å². The average molecular weight is 371 g/mol. The number of hydrazone groups is 1. The van der Waals surface area contributed by atoms with Crippen LogP contribution in [0.1, 0.15) is 42.3 Å². The summed E-state index contributed by atoms with van der Waals surface area (Å²) in [7, 11) is 1.28. The minimum atomic E-state index is -0.732. The molecule has 27 heavy (non-hydrogen) atoms. The van der Waals surface area contributed by atoms with Crippen molar-refractivity contribution in [3.8, 4) is 11.5 Å². The summed E-state index contributed by atoms with van der Waals surface area (Å²) in [6.07, 6.45) is 1.23. The van der Waals surface area contributed by atoms with E-state index in [0.29, 0.717) is 11.1 Å². The quantitative estimate of drug-likeness (QED) is 0.475. The first-order valence-corrected chi connectivity index (χ1v) is 8.13. The van der Waals surface area contributed by atoms with E-state index < -0.39 is 22.3 Å². The Kier molecular flexibility index (Phi) is 5.79. The summed E-state index contributed by atoms with van der Waals surface area (Å²) in [4.78, 5) is 22.4. The molecule has 0 aliphatic heterocycles. The third-order valence-corrected chi connectivity index (χ3v) is 3.89. The molecule has 2 rings (SSSR count). The highest BCUT2D eigenvalue weighted by molar-refractivity contribution is 5.95. The minimum Gasteiger partial charge on any atom is -0.500 e. The number of nitro groups is 1. The van der Waals surface area contributed by atoms with Gasteiger partial charge in [0.15, 0.2) is 5.75 Å². The van der Waals surface area contributed by atoms with Gasteiger partial charge in [-0.25, -0.2) is 5.43 Å². The maximum absolute atomic E-state index is 12.2. The van der Waals surface area contributed by atoms with Gasteiger partial charge in [-0.15, -0.1) is 0 Å². The van der Waals surface area contributed by atoms with Crippen LogP contribution >= 0.6 is 0 Å². The van der Waals surface area contributed by atoms with Crippen molar-refractivity contribution >= 4 is 17.8 Å². The molecule has 8 nitrogen and oxygen atoms in total. The van der Waals surface area contributed by atoms with Crippen LogP contribution in [-0.2, 0) is 5.41 Å². The second kappa shape index (κ2) is 7.86. The average Bonchev–Trinajstić information content (AvgIpc) is 2.61. The van der Waals surface area contributed by atoms with Crippen LogP contribution in [0, 0.1) is 10.1 Å². The highest BCUT2D eigenvalue weighted by atomic mass is 16.6. The van der Waals surface area contributed by atoms with Crippen LogP contribution in [0.2, 0.25) is 0 Å². The van der Waals surface area contributed by atoms with Crippen LogP contribution in [0.4, 0.5) is 5.69 Å². The van der Waals surface area contributed by atoms with Crippen molar-refractivity contribution in [2.45, 2.75) is 26.2 Å². The second-order valence-corrected chi connectivity index (χ2v) is 6.87. The number of benzene rings is 2. The Bertz CT molecular complexity index is 883. The van der Waals surface area contributed by atoms with Gasteiger partial charge >= 0.3 is 5.69 Å². The van der Waals surface area contributed by atoms with Gasteiger partial charge in [0.25, 0.3) is 5.91 Å². The van der Waals surface area contributed by atoms with Crippen LogP contribution in [0.3, 0.4) is 0 Å². The van der Waals surface area contributed by atoms with Crippen molar-refractivity contribution in [3.05, 3.63) is 63.2 Å². The Labute approximate surface area is 156 Å². The number of rotatable bonds is 5. The van der Waals surface area contributed by atoms with E-state index in [1.165, 1.54) is 19.4 Å². The summed E-state index contributed by atoms with van der Waals surface area (Å²) in [6.45, 7) is 6.24. The zero-order chi connectivity index (χ0) is 20.2. The number of hydrogen-bond acceptors (Lipinski definition) is 6. The zero-order valence-electron chi connectivity index (χ0n) is 15.5. The third kappa shape index (κ3) is 4.81. The number of carbonyl (C=O) groups is 1. The highest BCUT2D eigenvalue weighted by Gasteiger charge is 2.19. The van der Waals surface area contributed by atoms with Crippen molar-refractivity contribution in [2.24, 2.45) is 5.10 Å². The number of aromatic hydroxyl groups is 1. The van der Waals surface area contributed by atoms with Gasteiger partial charge in [-0.1, -0.05) is 32.9 Å². The van der Waals surface area contributed by atoms with E-state index in [1.807, 2.05) is 12.1 Å². The first-order valence-electron chi connectivity index (χ1n) is 8.13. The molecule has 0 saturated carbocycles. The van der Waals surface area contributed by atoms with E-state index in [9.17, 15) is 20.0 Å². The molecule has 0 unspecified atom stereocenters. The summed E-state index contributed by atoms with van der Waals surface area (Å²) in [5.74, 6) is -1.04. The number of phenols is 1. The van der Waals surface area contributed by atoms with Crippen molar-refractivity contribution in [3.63, 3.8) is 0 Å². The monoisotopic (exact) mass is 371 g/mol. The second-order valence-electron chi connectivity index (χ2n) is 6.87. The van der Waals surface area contributed by atoms with Gasteiger partial charge in [0.2, 0.25) is 5.75 Å². The number of amides is 1. The maximum Gasteiger partial charge on any atom is 0.315 e. The molecule has 0 aromatic heterocycles. The topological polar surface area (TPSA) is 114 Å². The molecule has 0 heterocycles. The lowest BCUT2D eigenvalue weighted by molar-refractivity contribution is -0.386. The molecule has 2 aromatic carbocycles. The lowest BCUT2D eigenvalue weighted by atomic mass is 9.87. The predicted molar refractivity (Wildman–Crippen MR) is 102 cm³/mol. The molecular formula is C19H21N3O5. The summed E-state index contributed by atoms with van der Waals surface area (Å²) in [5, 5.41) is 24.5. The number of nitrogens with zero attached hydrogens (tertiary/aromatic N) is 2.